The van der Waals surface area contributed by atoms with Crippen LogP contribution in [0.3, 0.4) is 0 Å². The summed E-state index contributed by atoms with van der Waals surface area (Å²) in [5, 5.41) is 3.58. The Labute approximate surface area is 138 Å². The molecule has 1 N–H and O–H groups in total. The number of aryl methyl sites for hydroxylation is 1. The predicted molar refractivity (Wildman–Crippen MR) is 92.5 cm³/mol. The van der Waals surface area contributed by atoms with Crippen molar-refractivity contribution in [2.45, 2.75) is 39.2 Å². The minimum atomic E-state index is -0.186. The summed E-state index contributed by atoms with van der Waals surface area (Å²) in [7, 11) is 0. The molecule has 114 valence electrons. The summed E-state index contributed by atoms with van der Waals surface area (Å²) in [5.74, 6) is -0.186. The van der Waals surface area contributed by atoms with Gasteiger partial charge in [-0.2, -0.15) is 0 Å². The standard InChI is InChI=1S/C17H21BrFNS/c1-3-7-20-16(17-6-5-15(4-2)21-17)10-12-8-13(18)11-14(19)9-12/h5-6,8-9,11,16,20H,3-4,7,10H2,1-2H3. The van der Waals surface area contributed by atoms with Gasteiger partial charge in [0, 0.05) is 20.3 Å². The van der Waals surface area contributed by atoms with Gasteiger partial charge < -0.3 is 5.32 Å². The Morgan fingerprint density at radius 1 is 1.24 bits per heavy atom. The first-order chi connectivity index (χ1) is 10.1. The molecule has 1 nitrogen and oxygen atoms in total. The number of hydrogen-bond donors (Lipinski definition) is 1. The molecule has 0 amide bonds. The van der Waals surface area contributed by atoms with Gasteiger partial charge in [0.05, 0.1) is 0 Å². The average Bonchev–Trinajstić information content (AvgIpc) is 2.91. The molecule has 0 radical (unpaired) electrons. The largest absolute Gasteiger partial charge is 0.309 e. The predicted octanol–water partition coefficient (Wildman–Crippen LogP) is 5.50. The van der Waals surface area contributed by atoms with E-state index in [-0.39, 0.29) is 11.9 Å². The first-order valence-corrected chi connectivity index (χ1v) is 9.00. The van der Waals surface area contributed by atoms with Crippen LogP contribution >= 0.6 is 27.3 Å². The molecule has 0 aliphatic heterocycles. The second-order valence-corrected chi connectivity index (χ2v) is 7.26. The fraction of sp³-hybridized carbons (Fsp3) is 0.412. The number of halogens is 2. The summed E-state index contributed by atoms with van der Waals surface area (Å²) in [6.07, 6.45) is 2.96. The van der Waals surface area contributed by atoms with Gasteiger partial charge in [-0.3, -0.25) is 0 Å². The lowest BCUT2D eigenvalue weighted by molar-refractivity contribution is 0.534. The van der Waals surface area contributed by atoms with E-state index in [1.807, 2.05) is 17.4 Å². The Kier molecular flexibility index (Phi) is 6.40. The lowest BCUT2D eigenvalue weighted by Crippen LogP contribution is -2.23. The van der Waals surface area contributed by atoms with Crippen LogP contribution in [0.15, 0.2) is 34.8 Å². The summed E-state index contributed by atoms with van der Waals surface area (Å²) in [5.41, 5.74) is 1.02. The van der Waals surface area contributed by atoms with E-state index in [9.17, 15) is 4.39 Å². The van der Waals surface area contributed by atoms with Crippen molar-refractivity contribution in [3.8, 4) is 0 Å². The monoisotopic (exact) mass is 369 g/mol. The second kappa shape index (κ2) is 8.06. The number of hydrogen-bond acceptors (Lipinski definition) is 2. The molecular formula is C17H21BrFNS. The van der Waals surface area contributed by atoms with E-state index in [0.29, 0.717) is 0 Å². The molecule has 2 rings (SSSR count). The van der Waals surface area contributed by atoms with Gasteiger partial charge in [-0.1, -0.05) is 29.8 Å². The average molecular weight is 370 g/mol. The SMILES string of the molecule is CCCNC(Cc1cc(F)cc(Br)c1)c1ccc(CC)s1. The Morgan fingerprint density at radius 3 is 2.67 bits per heavy atom. The van der Waals surface area contributed by atoms with Gasteiger partial charge in [0.15, 0.2) is 0 Å². The Balaban J connectivity index is 2.19. The van der Waals surface area contributed by atoms with E-state index in [1.165, 1.54) is 15.8 Å². The van der Waals surface area contributed by atoms with Crippen LogP contribution in [0.4, 0.5) is 4.39 Å². The highest BCUT2D eigenvalue weighted by Gasteiger charge is 2.14. The van der Waals surface area contributed by atoms with Crippen molar-refractivity contribution in [3.63, 3.8) is 0 Å². The first-order valence-electron chi connectivity index (χ1n) is 7.39. The lowest BCUT2D eigenvalue weighted by atomic mass is 10.0. The first kappa shape index (κ1) is 16.7. The smallest absolute Gasteiger partial charge is 0.124 e. The van der Waals surface area contributed by atoms with Crippen molar-refractivity contribution < 1.29 is 4.39 Å². The van der Waals surface area contributed by atoms with Crippen LogP contribution in [0, 0.1) is 5.82 Å². The molecule has 0 aliphatic rings. The van der Waals surface area contributed by atoms with Crippen LogP contribution in [-0.4, -0.2) is 6.54 Å². The van der Waals surface area contributed by atoms with E-state index < -0.39 is 0 Å². The van der Waals surface area contributed by atoms with Gasteiger partial charge in [-0.15, -0.1) is 11.3 Å². The van der Waals surface area contributed by atoms with Gasteiger partial charge in [-0.25, -0.2) is 4.39 Å². The van der Waals surface area contributed by atoms with Crippen molar-refractivity contribution in [2.75, 3.05) is 6.54 Å². The number of rotatable bonds is 7. The maximum absolute atomic E-state index is 13.5. The number of benzene rings is 1. The molecule has 2 aromatic rings. The molecule has 21 heavy (non-hydrogen) atoms. The van der Waals surface area contributed by atoms with E-state index in [1.54, 1.807) is 6.07 Å². The molecule has 0 aliphatic carbocycles. The quantitative estimate of drug-likeness (QED) is 0.679. The van der Waals surface area contributed by atoms with Crippen molar-refractivity contribution in [1.29, 1.82) is 0 Å². The Bertz CT molecular complexity index is 562. The Morgan fingerprint density at radius 2 is 2.05 bits per heavy atom. The van der Waals surface area contributed by atoms with Crippen LogP contribution < -0.4 is 5.32 Å². The van der Waals surface area contributed by atoms with Crippen molar-refractivity contribution in [1.82, 2.24) is 5.32 Å². The highest BCUT2D eigenvalue weighted by Crippen LogP contribution is 2.27. The number of thiophene rings is 1. The maximum atomic E-state index is 13.5. The highest BCUT2D eigenvalue weighted by molar-refractivity contribution is 9.10. The zero-order chi connectivity index (χ0) is 15.2. The second-order valence-electron chi connectivity index (χ2n) is 5.15. The van der Waals surface area contributed by atoms with Crippen molar-refractivity contribution in [3.05, 3.63) is 55.9 Å². The molecule has 0 fully saturated rings. The van der Waals surface area contributed by atoms with Crippen LogP contribution in [0.25, 0.3) is 0 Å². The molecule has 0 saturated heterocycles. The summed E-state index contributed by atoms with van der Waals surface area (Å²) in [6, 6.07) is 9.77. The fourth-order valence-electron chi connectivity index (χ4n) is 2.33. The van der Waals surface area contributed by atoms with Crippen LogP contribution in [0.5, 0.6) is 0 Å². The fourth-order valence-corrected chi connectivity index (χ4v) is 3.87. The topological polar surface area (TPSA) is 12.0 Å². The third-order valence-corrected chi connectivity index (χ3v) is 5.18. The molecule has 0 saturated carbocycles. The van der Waals surface area contributed by atoms with E-state index in [4.69, 9.17) is 0 Å². The maximum Gasteiger partial charge on any atom is 0.124 e. The van der Waals surface area contributed by atoms with Crippen LogP contribution in [0.2, 0.25) is 0 Å². The van der Waals surface area contributed by atoms with Gasteiger partial charge in [0.25, 0.3) is 0 Å². The van der Waals surface area contributed by atoms with Crippen molar-refractivity contribution in [2.24, 2.45) is 0 Å². The summed E-state index contributed by atoms with van der Waals surface area (Å²) >= 11 is 5.22. The Hall–Kier alpha value is -0.710. The van der Waals surface area contributed by atoms with Crippen molar-refractivity contribution >= 4 is 27.3 Å². The minimum absolute atomic E-state index is 0.186. The molecule has 1 heterocycles. The van der Waals surface area contributed by atoms with E-state index in [2.05, 4.69) is 47.2 Å². The third kappa shape index (κ3) is 4.90. The molecule has 4 heteroatoms. The highest BCUT2D eigenvalue weighted by atomic mass is 79.9. The molecule has 1 aromatic carbocycles. The zero-order valence-electron chi connectivity index (χ0n) is 12.5. The van der Waals surface area contributed by atoms with Gasteiger partial charge in [0.2, 0.25) is 0 Å². The normalized spacial score (nSPS) is 12.6. The molecule has 1 atom stereocenters. The van der Waals surface area contributed by atoms with Crippen LogP contribution in [-0.2, 0) is 12.8 Å². The molecule has 1 aromatic heterocycles. The van der Waals surface area contributed by atoms with Gasteiger partial charge >= 0.3 is 0 Å². The summed E-state index contributed by atoms with van der Waals surface area (Å²) < 4.78 is 14.3. The molecule has 0 spiro atoms. The molecule has 0 bridgehead atoms. The van der Waals surface area contributed by atoms with Gasteiger partial charge in [0.1, 0.15) is 5.82 Å². The zero-order valence-corrected chi connectivity index (χ0v) is 14.9. The number of nitrogens with one attached hydrogen (secondary N) is 1. The molecule has 1 unspecified atom stereocenters. The molecular weight excluding hydrogens is 349 g/mol. The minimum Gasteiger partial charge on any atom is -0.309 e. The van der Waals surface area contributed by atoms with Gasteiger partial charge in [-0.05, 0) is 61.7 Å². The van der Waals surface area contributed by atoms with E-state index >= 15 is 0 Å². The summed E-state index contributed by atoms with van der Waals surface area (Å²) in [4.78, 5) is 2.73. The third-order valence-electron chi connectivity index (χ3n) is 3.38. The lowest BCUT2D eigenvalue weighted by Gasteiger charge is -2.17. The summed E-state index contributed by atoms with van der Waals surface area (Å²) in [6.45, 7) is 5.31. The van der Waals surface area contributed by atoms with E-state index in [0.717, 1.165) is 35.8 Å². The van der Waals surface area contributed by atoms with Crippen LogP contribution in [0.1, 0.15) is 41.6 Å².